The molecule has 3 atom stereocenters. The fourth-order valence-electron chi connectivity index (χ4n) is 5.94. The van der Waals surface area contributed by atoms with E-state index in [2.05, 4.69) is 41.2 Å². The van der Waals surface area contributed by atoms with Crippen molar-refractivity contribution < 1.29 is 33.8 Å². The van der Waals surface area contributed by atoms with E-state index in [-0.39, 0.29) is 57.5 Å². The lowest BCUT2D eigenvalue weighted by Gasteiger charge is -2.20. The second-order valence-electron chi connectivity index (χ2n) is 11.9. The Morgan fingerprint density at radius 1 is 0.837 bits per heavy atom. The van der Waals surface area contributed by atoms with Gasteiger partial charge in [-0.2, -0.15) is 0 Å². The number of rotatable bonds is 19. The van der Waals surface area contributed by atoms with Crippen molar-refractivity contribution in [3.8, 4) is 11.1 Å². The summed E-state index contributed by atoms with van der Waals surface area (Å²) in [5.74, 6) is -2.25. The number of carbonyl (C=O) groups excluding carboxylic acids is 4. The molecule has 0 saturated carbocycles. The smallest absolute Gasteiger partial charge is 0.407 e. The third-order valence-electron chi connectivity index (χ3n) is 8.39. The number of hydrogen-bond acceptors (Lipinski definition) is 7. The van der Waals surface area contributed by atoms with Crippen molar-refractivity contribution in [1.82, 2.24) is 16.0 Å². The zero-order valence-electron chi connectivity index (χ0n) is 27.6. The summed E-state index contributed by atoms with van der Waals surface area (Å²) in [6.07, 6.45) is 3.79. The third-order valence-corrected chi connectivity index (χ3v) is 8.39. The molecule has 0 spiro atoms. The summed E-state index contributed by atoms with van der Waals surface area (Å²) in [7, 11) is 0. The second-order valence-corrected chi connectivity index (χ2v) is 11.9. The lowest BCUT2D eigenvalue weighted by atomic mass is 9.98. The first kappa shape index (κ1) is 36.6. The molecule has 0 bridgehead atoms. The normalized spacial score (nSPS) is 13.5. The molecule has 0 fully saturated rings. The Labute approximate surface area is 287 Å². The highest BCUT2D eigenvalue weighted by atomic mass is 16.6. The SMILES string of the molecule is C=CCC[C@H](NC(=O)OCC1c2ccccc2-c2ccccc21)C(=O)OCCNC(=O)[C@@H](CC=C)CC(=O)N[C@H](CO)Cc1ccccc1. The molecule has 1 aliphatic carbocycles. The molecule has 258 valence electrons. The maximum atomic E-state index is 12.9. The lowest BCUT2D eigenvalue weighted by Crippen LogP contribution is -2.43. The van der Waals surface area contributed by atoms with Crippen LogP contribution in [0.15, 0.2) is 104 Å². The van der Waals surface area contributed by atoms with Gasteiger partial charge in [0.2, 0.25) is 11.8 Å². The van der Waals surface area contributed by atoms with E-state index in [1.165, 1.54) is 0 Å². The molecule has 3 aromatic rings. The minimum Gasteiger partial charge on any atom is -0.462 e. The molecular weight excluding hydrogens is 622 g/mol. The summed E-state index contributed by atoms with van der Waals surface area (Å²) in [5, 5.41) is 17.9. The van der Waals surface area contributed by atoms with Crippen LogP contribution in [0.3, 0.4) is 0 Å². The molecule has 1 aliphatic rings. The number of hydrogen-bond donors (Lipinski definition) is 4. The van der Waals surface area contributed by atoms with Crippen LogP contribution in [-0.2, 0) is 30.3 Å². The minimum absolute atomic E-state index is 0.00618. The van der Waals surface area contributed by atoms with Gasteiger partial charge in [-0.15, -0.1) is 13.2 Å². The Morgan fingerprint density at radius 3 is 2.12 bits per heavy atom. The molecule has 3 aromatic carbocycles. The lowest BCUT2D eigenvalue weighted by molar-refractivity contribution is -0.146. The van der Waals surface area contributed by atoms with Crippen molar-refractivity contribution in [3.63, 3.8) is 0 Å². The van der Waals surface area contributed by atoms with Gasteiger partial charge in [-0.05, 0) is 53.5 Å². The maximum absolute atomic E-state index is 12.9. The highest BCUT2D eigenvalue weighted by Gasteiger charge is 2.30. The Kier molecular flexibility index (Phi) is 14.2. The number of allylic oxidation sites excluding steroid dienone is 2. The molecule has 10 heteroatoms. The molecule has 49 heavy (non-hydrogen) atoms. The summed E-state index contributed by atoms with van der Waals surface area (Å²) in [6.45, 7) is 7.12. The quantitative estimate of drug-likeness (QED) is 0.0816. The van der Waals surface area contributed by atoms with Gasteiger partial charge in [0.15, 0.2) is 0 Å². The van der Waals surface area contributed by atoms with Crippen LogP contribution in [0.25, 0.3) is 11.1 Å². The van der Waals surface area contributed by atoms with Gasteiger partial charge in [-0.25, -0.2) is 9.59 Å². The van der Waals surface area contributed by atoms with Crippen LogP contribution in [0.2, 0.25) is 0 Å². The monoisotopic (exact) mass is 667 g/mol. The molecule has 0 heterocycles. The van der Waals surface area contributed by atoms with Crippen LogP contribution in [0.1, 0.15) is 48.3 Å². The van der Waals surface area contributed by atoms with Gasteiger partial charge in [0.25, 0.3) is 0 Å². The van der Waals surface area contributed by atoms with Gasteiger partial charge in [0, 0.05) is 12.3 Å². The van der Waals surface area contributed by atoms with Gasteiger partial charge >= 0.3 is 12.1 Å². The second kappa shape index (κ2) is 18.9. The molecule has 0 aromatic heterocycles. The number of amides is 3. The fraction of sp³-hybridized carbons (Fsp3) is 0.333. The summed E-state index contributed by atoms with van der Waals surface area (Å²) in [4.78, 5) is 51.4. The van der Waals surface area contributed by atoms with Crippen LogP contribution >= 0.6 is 0 Å². The molecule has 4 N–H and O–H groups in total. The predicted molar refractivity (Wildman–Crippen MR) is 187 cm³/mol. The van der Waals surface area contributed by atoms with Gasteiger partial charge in [-0.3, -0.25) is 9.59 Å². The minimum atomic E-state index is -0.975. The molecule has 0 unspecified atom stereocenters. The Hall–Kier alpha value is -5.22. The molecule has 0 radical (unpaired) electrons. The van der Waals surface area contributed by atoms with E-state index in [1.54, 1.807) is 12.2 Å². The van der Waals surface area contributed by atoms with Crippen molar-refractivity contribution in [2.45, 2.75) is 50.1 Å². The number of ether oxygens (including phenoxy) is 2. The Balaban J connectivity index is 1.22. The van der Waals surface area contributed by atoms with Crippen molar-refractivity contribution in [2.75, 3.05) is 26.4 Å². The van der Waals surface area contributed by atoms with Crippen LogP contribution < -0.4 is 16.0 Å². The fourth-order valence-corrected chi connectivity index (χ4v) is 5.94. The first-order valence-corrected chi connectivity index (χ1v) is 16.6. The molecular formula is C39H45N3O7. The van der Waals surface area contributed by atoms with Crippen LogP contribution in [0, 0.1) is 5.92 Å². The number of carbonyl (C=O) groups is 4. The first-order valence-electron chi connectivity index (χ1n) is 16.6. The van der Waals surface area contributed by atoms with Crippen LogP contribution in [-0.4, -0.2) is 67.4 Å². The van der Waals surface area contributed by atoms with Crippen LogP contribution in [0.5, 0.6) is 0 Å². The van der Waals surface area contributed by atoms with E-state index in [0.717, 1.165) is 27.8 Å². The zero-order chi connectivity index (χ0) is 35.0. The molecule has 0 aliphatic heterocycles. The summed E-state index contributed by atoms with van der Waals surface area (Å²) in [6, 6.07) is 24.1. The highest BCUT2D eigenvalue weighted by molar-refractivity contribution is 5.86. The predicted octanol–water partition coefficient (Wildman–Crippen LogP) is 4.82. The number of alkyl carbamates (subject to hydrolysis) is 1. The average molecular weight is 668 g/mol. The van der Waals surface area contributed by atoms with Gasteiger partial charge in [0.1, 0.15) is 19.3 Å². The van der Waals surface area contributed by atoms with E-state index < -0.39 is 36.0 Å². The number of esters is 1. The van der Waals surface area contributed by atoms with Crippen molar-refractivity contribution >= 4 is 23.9 Å². The Morgan fingerprint density at radius 2 is 1.49 bits per heavy atom. The number of aliphatic hydroxyl groups is 1. The number of nitrogens with one attached hydrogen (secondary N) is 3. The summed E-state index contributed by atoms with van der Waals surface area (Å²) in [5.41, 5.74) is 5.35. The van der Waals surface area contributed by atoms with E-state index in [1.807, 2.05) is 66.7 Å². The largest absolute Gasteiger partial charge is 0.462 e. The van der Waals surface area contributed by atoms with E-state index in [9.17, 15) is 24.3 Å². The van der Waals surface area contributed by atoms with E-state index in [0.29, 0.717) is 12.8 Å². The molecule has 0 saturated heterocycles. The number of benzene rings is 3. The van der Waals surface area contributed by atoms with Gasteiger partial charge in [0.05, 0.1) is 25.1 Å². The average Bonchev–Trinajstić information content (AvgIpc) is 3.44. The summed E-state index contributed by atoms with van der Waals surface area (Å²) >= 11 is 0. The van der Waals surface area contributed by atoms with Gasteiger partial charge < -0.3 is 30.5 Å². The molecule has 3 amide bonds. The summed E-state index contributed by atoms with van der Waals surface area (Å²) < 4.78 is 11.0. The van der Waals surface area contributed by atoms with Gasteiger partial charge in [-0.1, -0.05) is 91.0 Å². The Bertz CT molecular complexity index is 1550. The number of aliphatic hydroxyl groups excluding tert-OH is 1. The van der Waals surface area contributed by atoms with Crippen molar-refractivity contribution in [1.29, 1.82) is 0 Å². The number of fused-ring (bicyclic) bond motifs is 3. The highest BCUT2D eigenvalue weighted by Crippen LogP contribution is 2.44. The zero-order valence-corrected chi connectivity index (χ0v) is 27.6. The van der Waals surface area contributed by atoms with E-state index in [4.69, 9.17) is 9.47 Å². The van der Waals surface area contributed by atoms with Crippen LogP contribution in [0.4, 0.5) is 4.79 Å². The molecule has 4 rings (SSSR count). The maximum Gasteiger partial charge on any atom is 0.407 e. The topological polar surface area (TPSA) is 143 Å². The van der Waals surface area contributed by atoms with Crippen molar-refractivity contribution in [3.05, 3.63) is 121 Å². The molecule has 10 nitrogen and oxygen atoms in total. The third kappa shape index (κ3) is 10.6. The van der Waals surface area contributed by atoms with E-state index >= 15 is 0 Å². The standard InChI is InChI=1S/C39H45N3O7/c1-3-5-20-35(42-39(47)49-26-34-32-18-11-9-16-30(32)31-17-10-12-19-33(31)34)38(46)48-22-21-40-37(45)28(13-4-2)24-36(44)41-29(25-43)23-27-14-7-6-8-15-27/h3-4,6-12,14-19,28-29,34-35,43H,1-2,5,13,20-26H2,(H,40,45)(H,41,44)(H,42,47)/t28-,29-,35-/m0/s1. The van der Waals surface area contributed by atoms with Crippen molar-refractivity contribution in [2.24, 2.45) is 5.92 Å². The first-order chi connectivity index (χ1) is 23.8.